The van der Waals surface area contributed by atoms with Crippen LogP contribution in [0.25, 0.3) is 0 Å². The van der Waals surface area contributed by atoms with E-state index in [1.54, 1.807) is 4.88 Å². The van der Waals surface area contributed by atoms with Crippen molar-refractivity contribution in [2.24, 2.45) is 0 Å². The summed E-state index contributed by atoms with van der Waals surface area (Å²) >= 11 is 1.99. The Morgan fingerprint density at radius 3 is 2.00 bits per heavy atom. The molecule has 1 aromatic rings. The number of rotatable bonds is 13. The van der Waals surface area contributed by atoms with Crippen LogP contribution in [0.4, 0.5) is 0 Å². The van der Waals surface area contributed by atoms with Crippen LogP contribution in [0.5, 0.6) is 0 Å². The monoisotopic (exact) mass is 310 g/mol. The molecule has 0 aliphatic carbocycles. The largest absolute Gasteiger partial charge is 0.481 e. The number of unbranched alkanes of at least 4 members (excludes halogenated alkanes) is 7. The van der Waals surface area contributed by atoms with E-state index in [0.29, 0.717) is 6.42 Å². The highest BCUT2D eigenvalue weighted by molar-refractivity contribution is 7.11. The fraction of sp³-hybridized carbons (Fsp3) is 0.722. The fourth-order valence-corrected chi connectivity index (χ4v) is 3.62. The Bertz CT molecular complexity index is 384. The van der Waals surface area contributed by atoms with Crippen molar-refractivity contribution < 1.29 is 9.90 Å². The zero-order valence-corrected chi connectivity index (χ0v) is 14.2. The molecule has 21 heavy (non-hydrogen) atoms. The van der Waals surface area contributed by atoms with Crippen LogP contribution >= 0.6 is 11.3 Å². The summed E-state index contributed by atoms with van der Waals surface area (Å²) in [6.45, 7) is 2.25. The molecule has 0 aliphatic rings. The molecule has 1 aromatic heterocycles. The molecule has 1 N–H and O–H groups in total. The van der Waals surface area contributed by atoms with Crippen molar-refractivity contribution in [3.05, 3.63) is 21.9 Å². The summed E-state index contributed by atoms with van der Waals surface area (Å²) in [7, 11) is 0. The molecule has 3 heteroatoms. The van der Waals surface area contributed by atoms with Gasteiger partial charge < -0.3 is 5.11 Å². The van der Waals surface area contributed by atoms with Gasteiger partial charge >= 0.3 is 5.97 Å². The minimum Gasteiger partial charge on any atom is -0.481 e. The van der Waals surface area contributed by atoms with Gasteiger partial charge in [-0.05, 0) is 44.2 Å². The molecule has 0 unspecified atom stereocenters. The summed E-state index contributed by atoms with van der Waals surface area (Å²) in [4.78, 5) is 13.5. The number of aryl methyl sites for hydroxylation is 2. The van der Waals surface area contributed by atoms with Crippen molar-refractivity contribution in [3.63, 3.8) is 0 Å². The third-order valence-electron chi connectivity index (χ3n) is 3.81. The molecule has 0 spiro atoms. The highest BCUT2D eigenvalue weighted by atomic mass is 32.1. The summed E-state index contributed by atoms with van der Waals surface area (Å²) in [5.74, 6) is -0.667. The Kier molecular flexibility index (Phi) is 10.2. The molecule has 0 amide bonds. The highest BCUT2D eigenvalue weighted by Crippen LogP contribution is 2.21. The first-order chi connectivity index (χ1) is 10.2. The summed E-state index contributed by atoms with van der Waals surface area (Å²) < 4.78 is 0. The number of carboxylic acid groups (broad SMARTS) is 1. The van der Waals surface area contributed by atoms with Crippen LogP contribution in [0.3, 0.4) is 0 Å². The minimum absolute atomic E-state index is 0.326. The van der Waals surface area contributed by atoms with Crippen molar-refractivity contribution in [1.29, 1.82) is 0 Å². The lowest BCUT2D eigenvalue weighted by Crippen LogP contribution is -1.93. The average molecular weight is 311 g/mol. The number of hydrogen-bond acceptors (Lipinski definition) is 2. The van der Waals surface area contributed by atoms with Crippen LogP contribution in [0.15, 0.2) is 12.1 Å². The Balaban J connectivity index is 2.02. The van der Waals surface area contributed by atoms with Gasteiger partial charge in [-0.25, -0.2) is 0 Å². The smallest absolute Gasteiger partial charge is 0.303 e. The molecule has 120 valence electrons. The van der Waals surface area contributed by atoms with E-state index in [-0.39, 0.29) is 0 Å². The van der Waals surface area contributed by atoms with E-state index in [1.165, 1.54) is 62.7 Å². The first-order valence-corrected chi connectivity index (χ1v) is 9.33. The Morgan fingerprint density at radius 2 is 1.43 bits per heavy atom. The quantitative estimate of drug-likeness (QED) is 0.465. The Morgan fingerprint density at radius 1 is 0.905 bits per heavy atom. The van der Waals surface area contributed by atoms with Crippen LogP contribution in [0.2, 0.25) is 0 Å². The number of thiophene rings is 1. The molecule has 0 atom stereocenters. The van der Waals surface area contributed by atoms with E-state index in [1.807, 2.05) is 11.3 Å². The van der Waals surface area contributed by atoms with Crippen molar-refractivity contribution >= 4 is 17.3 Å². The highest BCUT2D eigenvalue weighted by Gasteiger charge is 2.01. The van der Waals surface area contributed by atoms with Gasteiger partial charge in [-0.3, -0.25) is 4.79 Å². The zero-order chi connectivity index (χ0) is 15.3. The predicted molar refractivity (Wildman–Crippen MR) is 91.2 cm³/mol. The summed E-state index contributed by atoms with van der Waals surface area (Å²) in [5, 5.41) is 8.56. The molecule has 0 fully saturated rings. The molecule has 0 saturated heterocycles. The van der Waals surface area contributed by atoms with Gasteiger partial charge in [0.15, 0.2) is 0 Å². The lowest BCUT2D eigenvalue weighted by atomic mass is 10.1. The van der Waals surface area contributed by atoms with E-state index < -0.39 is 5.97 Å². The van der Waals surface area contributed by atoms with Gasteiger partial charge in [0.2, 0.25) is 0 Å². The van der Waals surface area contributed by atoms with E-state index in [9.17, 15) is 4.79 Å². The fourth-order valence-electron chi connectivity index (χ4n) is 2.52. The zero-order valence-electron chi connectivity index (χ0n) is 13.4. The molecule has 1 heterocycles. The SMILES string of the molecule is CCCCCCc1ccc(CCCCCCCC(=O)O)s1. The second-order valence-corrected chi connectivity index (χ2v) is 7.09. The van der Waals surface area contributed by atoms with E-state index >= 15 is 0 Å². The Labute approximate surface area is 133 Å². The number of aliphatic carboxylic acids is 1. The normalized spacial score (nSPS) is 10.9. The van der Waals surface area contributed by atoms with Gasteiger partial charge in [0.05, 0.1) is 0 Å². The molecular weight excluding hydrogens is 280 g/mol. The molecule has 0 aromatic carbocycles. The Hall–Kier alpha value is -0.830. The van der Waals surface area contributed by atoms with E-state index in [2.05, 4.69) is 19.1 Å². The van der Waals surface area contributed by atoms with Gasteiger partial charge in [0, 0.05) is 16.2 Å². The van der Waals surface area contributed by atoms with Gasteiger partial charge in [0.1, 0.15) is 0 Å². The molecule has 1 rings (SSSR count). The molecule has 0 aliphatic heterocycles. The van der Waals surface area contributed by atoms with Crippen LogP contribution in [0, 0.1) is 0 Å². The van der Waals surface area contributed by atoms with Crippen LogP contribution < -0.4 is 0 Å². The first kappa shape index (κ1) is 18.2. The number of carbonyl (C=O) groups is 1. The second kappa shape index (κ2) is 11.8. The van der Waals surface area contributed by atoms with E-state index in [0.717, 1.165) is 12.8 Å². The van der Waals surface area contributed by atoms with Gasteiger partial charge in [-0.2, -0.15) is 0 Å². The van der Waals surface area contributed by atoms with Crippen LogP contribution in [-0.2, 0) is 17.6 Å². The standard InChI is InChI=1S/C18H30O2S/c1-2-3-4-8-11-16-14-15-17(21-16)12-9-6-5-7-10-13-18(19)20/h14-15H,2-13H2,1H3,(H,19,20). The van der Waals surface area contributed by atoms with Crippen molar-refractivity contribution in [2.75, 3.05) is 0 Å². The first-order valence-electron chi connectivity index (χ1n) is 8.51. The van der Waals surface area contributed by atoms with Crippen molar-refractivity contribution in [2.45, 2.75) is 84.0 Å². The number of hydrogen-bond donors (Lipinski definition) is 1. The van der Waals surface area contributed by atoms with Gasteiger partial charge in [-0.15, -0.1) is 11.3 Å². The van der Waals surface area contributed by atoms with Crippen LogP contribution in [0.1, 0.15) is 80.9 Å². The predicted octanol–water partition coefficient (Wildman–Crippen LogP) is 5.84. The van der Waals surface area contributed by atoms with E-state index in [4.69, 9.17) is 5.11 Å². The third kappa shape index (κ3) is 9.67. The maximum absolute atomic E-state index is 10.4. The van der Waals surface area contributed by atoms with Crippen molar-refractivity contribution in [1.82, 2.24) is 0 Å². The molecule has 2 nitrogen and oxygen atoms in total. The third-order valence-corrected chi connectivity index (χ3v) is 5.01. The molecular formula is C18H30O2S. The lowest BCUT2D eigenvalue weighted by molar-refractivity contribution is -0.137. The molecule has 0 radical (unpaired) electrons. The molecule has 0 saturated carbocycles. The number of carboxylic acids is 1. The minimum atomic E-state index is -0.667. The van der Waals surface area contributed by atoms with Gasteiger partial charge in [-0.1, -0.05) is 45.4 Å². The average Bonchev–Trinajstić information content (AvgIpc) is 2.90. The topological polar surface area (TPSA) is 37.3 Å². The summed E-state index contributed by atoms with van der Waals surface area (Å²) in [6, 6.07) is 4.60. The maximum atomic E-state index is 10.4. The second-order valence-electron chi connectivity index (χ2n) is 5.84. The van der Waals surface area contributed by atoms with Crippen LogP contribution in [-0.4, -0.2) is 11.1 Å². The van der Waals surface area contributed by atoms with Gasteiger partial charge in [0.25, 0.3) is 0 Å². The summed E-state index contributed by atoms with van der Waals surface area (Å²) in [6.07, 6.45) is 13.6. The van der Waals surface area contributed by atoms with Crippen molar-refractivity contribution in [3.8, 4) is 0 Å². The molecule has 0 bridgehead atoms. The summed E-state index contributed by atoms with van der Waals surface area (Å²) in [5.41, 5.74) is 0. The lowest BCUT2D eigenvalue weighted by Gasteiger charge is -2.00. The maximum Gasteiger partial charge on any atom is 0.303 e.